The van der Waals surface area contributed by atoms with E-state index in [1.165, 1.54) is 18.5 Å². The van der Waals surface area contributed by atoms with E-state index in [1.54, 1.807) is 31.5 Å². The van der Waals surface area contributed by atoms with Gasteiger partial charge < -0.3 is 10.5 Å². The molecule has 0 unspecified atom stereocenters. The number of nitrogens with two attached hydrogens (primary N) is 1. The summed E-state index contributed by atoms with van der Waals surface area (Å²) in [6.45, 7) is 2.66. The number of ether oxygens (including phenoxy) is 1. The van der Waals surface area contributed by atoms with Gasteiger partial charge in [0.2, 0.25) is 0 Å². The summed E-state index contributed by atoms with van der Waals surface area (Å²) in [5.74, 6) is 0.771. The maximum atomic E-state index is 9.18. The third-order valence-corrected chi connectivity index (χ3v) is 3.13. The van der Waals surface area contributed by atoms with Crippen LogP contribution in [0.5, 0.6) is 0 Å². The first-order chi connectivity index (χ1) is 10.7. The fraction of sp³-hybridized carbons (Fsp3) is 0.312. The molecule has 6 heteroatoms. The van der Waals surface area contributed by atoms with E-state index in [4.69, 9.17) is 5.73 Å². The van der Waals surface area contributed by atoms with Gasteiger partial charge in [-0.2, -0.15) is 0 Å². The van der Waals surface area contributed by atoms with Crippen LogP contribution < -0.4 is 5.73 Å². The van der Waals surface area contributed by atoms with E-state index in [0.717, 1.165) is 10.4 Å². The zero-order valence-corrected chi connectivity index (χ0v) is 14.1. The lowest BCUT2D eigenvalue weighted by molar-refractivity contribution is -0.128. The van der Waals surface area contributed by atoms with Crippen molar-refractivity contribution < 1.29 is 9.53 Å². The first-order valence-electron chi connectivity index (χ1n) is 6.99. The minimum absolute atomic E-state index is 0.431. The smallest absolute Gasteiger partial charge is 0.293 e. The fourth-order valence-corrected chi connectivity index (χ4v) is 1.69. The van der Waals surface area contributed by atoms with Gasteiger partial charge in [0.05, 0.1) is 12.3 Å². The van der Waals surface area contributed by atoms with Crippen LogP contribution >= 0.6 is 15.9 Å². The molecule has 0 amide bonds. The molecule has 0 spiro atoms. The molecule has 5 nitrogen and oxygen atoms in total. The van der Waals surface area contributed by atoms with Crippen LogP contribution in [0.4, 0.5) is 5.69 Å². The lowest BCUT2D eigenvalue weighted by Crippen LogP contribution is -1.82. The topological polar surface area (TPSA) is 78.1 Å². The predicted molar refractivity (Wildman–Crippen MR) is 90.3 cm³/mol. The first kappa shape index (κ1) is 18.1. The average Bonchev–Trinajstić information content (AvgIpc) is 3.36. The highest BCUT2D eigenvalue weighted by Crippen LogP contribution is 2.38. The molecular weight excluding hydrogens is 346 g/mol. The van der Waals surface area contributed by atoms with Crippen molar-refractivity contribution in [2.45, 2.75) is 25.7 Å². The lowest BCUT2D eigenvalue weighted by atomic mass is 10.3. The number of nitrogens with zero attached hydrogens (tertiary/aromatic N) is 2. The van der Waals surface area contributed by atoms with Crippen LogP contribution in [-0.2, 0) is 9.53 Å². The third-order valence-electron chi connectivity index (χ3n) is 2.67. The van der Waals surface area contributed by atoms with Crippen LogP contribution in [-0.4, -0.2) is 23.0 Å². The van der Waals surface area contributed by atoms with Crippen molar-refractivity contribution in [3.05, 3.63) is 53.0 Å². The molecule has 1 aliphatic carbocycles. The molecule has 2 N–H and O–H groups in total. The number of halogens is 1. The second kappa shape index (κ2) is 10.7. The minimum Gasteiger partial charge on any atom is -0.468 e. The van der Waals surface area contributed by atoms with E-state index in [9.17, 15) is 4.79 Å². The van der Waals surface area contributed by atoms with Crippen LogP contribution in [0.2, 0.25) is 0 Å². The Balaban J connectivity index is 0.000000178. The lowest BCUT2D eigenvalue weighted by Gasteiger charge is -1.94. The molecule has 2 aromatic heterocycles. The zero-order valence-electron chi connectivity index (χ0n) is 12.5. The van der Waals surface area contributed by atoms with Crippen LogP contribution in [0.15, 0.2) is 47.3 Å². The van der Waals surface area contributed by atoms with Gasteiger partial charge in [-0.15, -0.1) is 0 Å². The van der Waals surface area contributed by atoms with Crippen molar-refractivity contribution >= 4 is 28.1 Å². The van der Waals surface area contributed by atoms with E-state index < -0.39 is 0 Å². The molecule has 1 fully saturated rings. The van der Waals surface area contributed by atoms with Crippen molar-refractivity contribution in [2.24, 2.45) is 0 Å². The Kier molecular flexibility index (Phi) is 8.83. The highest BCUT2D eigenvalue weighted by atomic mass is 79.9. The quantitative estimate of drug-likeness (QED) is 0.841. The molecule has 1 saturated carbocycles. The second-order valence-electron chi connectivity index (χ2n) is 4.51. The number of carbonyl (C=O) groups is 1. The monoisotopic (exact) mass is 365 g/mol. The number of nitrogen functional groups attached to an aromatic ring is 1. The molecule has 2 heterocycles. The van der Waals surface area contributed by atoms with Crippen LogP contribution in [0.1, 0.15) is 31.4 Å². The van der Waals surface area contributed by atoms with Crippen molar-refractivity contribution in [3.63, 3.8) is 0 Å². The summed E-state index contributed by atoms with van der Waals surface area (Å²) in [6.07, 6.45) is 7.83. The number of anilines is 1. The van der Waals surface area contributed by atoms with Gasteiger partial charge in [-0.3, -0.25) is 14.8 Å². The number of rotatable bonds is 3. The molecule has 0 saturated heterocycles. The Morgan fingerprint density at radius 3 is 2.45 bits per heavy atom. The fourth-order valence-electron chi connectivity index (χ4n) is 1.45. The third kappa shape index (κ3) is 8.36. The average molecular weight is 366 g/mol. The molecule has 0 bridgehead atoms. The van der Waals surface area contributed by atoms with E-state index in [2.05, 4.69) is 42.8 Å². The second-order valence-corrected chi connectivity index (χ2v) is 5.43. The summed E-state index contributed by atoms with van der Waals surface area (Å²) in [6, 6.07) is 7.75. The Morgan fingerprint density at radius 1 is 1.36 bits per heavy atom. The zero-order chi connectivity index (χ0) is 16.2. The van der Waals surface area contributed by atoms with Crippen LogP contribution in [0, 0.1) is 0 Å². The summed E-state index contributed by atoms with van der Waals surface area (Å²) in [7, 11) is 0. The van der Waals surface area contributed by atoms with Crippen molar-refractivity contribution in [1.29, 1.82) is 0 Å². The number of hydrogen-bond acceptors (Lipinski definition) is 5. The molecule has 22 heavy (non-hydrogen) atoms. The van der Waals surface area contributed by atoms with E-state index >= 15 is 0 Å². The maximum absolute atomic E-state index is 9.18. The van der Waals surface area contributed by atoms with E-state index in [-0.39, 0.29) is 0 Å². The standard InChI is InChI=1S/C8H8BrN.C5H6N2.C3H6O2/c9-7-3-4-8(10-5-7)6-1-2-6;6-5-2-1-3-7-4-5;1-2-5-3-4/h3-6H,1-2H2;1-4H,6H2;3H,2H2,1H3. The molecular formula is C16H20BrN3O2. The SMILES string of the molecule is Brc1ccc(C2CC2)nc1.CCOC=O.Nc1cccnc1. The summed E-state index contributed by atoms with van der Waals surface area (Å²) in [4.78, 5) is 17.2. The summed E-state index contributed by atoms with van der Waals surface area (Å²) in [5.41, 5.74) is 7.26. The van der Waals surface area contributed by atoms with Crippen molar-refractivity contribution in [1.82, 2.24) is 9.97 Å². The van der Waals surface area contributed by atoms with E-state index in [1.807, 2.05) is 6.20 Å². The molecule has 2 aromatic rings. The Morgan fingerprint density at radius 2 is 2.14 bits per heavy atom. The van der Waals surface area contributed by atoms with Gasteiger partial charge in [-0.25, -0.2) is 0 Å². The van der Waals surface area contributed by atoms with Crippen LogP contribution in [0.25, 0.3) is 0 Å². The predicted octanol–water partition coefficient (Wildman–Crippen LogP) is 3.56. The number of carbonyl (C=O) groups excluding carboxylic acids is 1. The molecule has 0 atom stereocenters. The summed E-state index contributed by atoms with van der Waals surface area (Å²) < 4.78 is 5.22. The number of pyridine rings is 2. The van der Waals surface area contributed by atoms with Crippen molar-refractivity contribution in [3.8, 4) is 0 Å². The normalized spacial score (nSPS) is 12.1. The summed E-state index contributed by atoms with van der Waals surface area (Å²) in [5, 5.41) is 0. The highest BCUT2D eigenvalue weighted by Gasteiger charge is 2.24. The highest BCUT2D eigenvalue weighted by molar-refractivity contribution is 9.10. The van der Waals surface area contributed by atoms with Gasteiger partial charge in [-0.1, -0.05) is 0 Å². The first-order valence-corrected chi connectivity index (χ1v) is 7.78. The van der Waals surface area contributed by atoms with E-state index in [0.29, 0.717) is 18.8 Å². The van der Waals surface area contributed by atoms with Gasteiger partial charge in [-0.05, 0) is 60.0 Å². The largest absolute Gasteiger partial charge is 0.468 e. The Labute approximate surface area is 139 Å². The molecule has 1 aliphatic rings. The number of hydrogen-bond donors (Lipinski definition) is 1. The summed E-state index contributed by atoms with van der Waals surface area (Å²) >= 11 is 3.35. The number of aromatic nitrogens is 2. The Bertz CT molecular complexity index is 531. The van der Waals surface area contributed by atoms with Gasteiger partial charge in [0.15, 0.2) is 0 Å². The Hall–Kier alpha value is -1.95. The molecule has 118 valence electrons. The van der Waals surface area contributed by atoms with Gasteiger partial charge >= 0.3 is 0 Å². The molecule has 0 aromatic carbocycles. The van der Waals surface area contributed by atoms with Crippen molar-refractivity contribution in [2.75, 3.05) is 12.3 Å². The molecule has 0 aliphatic heterocycles. The van der Waals surface area contributed by atoms with Crippen LogP contribution in [0.3, 0.4) is 0 Å². The maximum Gasteiger partial charge on any atom is 0.293 e. The van der Waals surface area contributed by atoms with Gasteiger partial charge in [0.1, 0.15) is 0 Å². The molecule has 3 rings (SSSR count). The van der Waals surface area contributed by atoms with Gasteiger partial charge in [0, 0.05) is 34.7 Å². The molecule has 0 radical (unpaired) electrons. The van der Waals surface area contributed by atoms with Gasteiger partial charge in [0.25, 0.3) is 6.47 Å². The minimum atomic E-state index is 0.431.